The first-order chi connectivity index (χ1) is 6.66. The molecule has 0 bridgehead atoms. The SMILES string of the molecule is CCCCSC(=S)OCCOC(C)C. The molecule has 0 aliphatic heterocycles. The van der Waals surface area contributed by atoms with Crippen LogP contribution in [0.3, 0.4) is 0 Å². The highest BCUT2D eigenvalue weighted by Gasteiger charge is 1.98. The normalized spacial score (nSPS) is 10.6. The smallest absolute Gasteiger partial charge is 0.220 e. The van der Waals surface area contributed by atoms with E-state index >= 15 is 0 Å². The number of thiocarbonyl (C=S) groups is 1. The maximum atomic E-state index is 5.32. The van der Waals surface area contributed by atoms with E-state index in [1.165, 1.54) is 12.8 Å². The van der Waals surface area contributed by atoms with Crippen LogP contribution >= 0.6 is 24.0 Å². The lowest BCUT2D eigenvalue weighted by atomic mass is 10.4. The summed E-state index contributed by atoms with van der Waals surface area (Å²) in [6, 6.07) is 0. The number of hydrogen-bond donors (Lipinski definition) is 0. The third-order valence-corrected chi connectivity index (χ3v) is 2.79. The first-order valence-corrected chi connectivity index (χ1v) is 6.47. The lowest BCUT2D eigenvalue weighted by molar-refractivity contribution is 0.0544. The third-order valence-electron chi connectivity index (χ3n) is 1.47. The van der Waals surface area contributed by atoms with Crippen molar-refractivity contribution < 1.29 is 9.47 Å². The molecule has 0 aromatic carbocycles. The van der Waals surface area contributed by atoms with Gasteiger partial charge in [-0.05, 0) is 32.5 Å². The van der Waals surface area contributed by atoms with Crippen molar-refractivity contribution in [1.82, 2.24) is 0 Å². The average Bonchev–Trinajstić information content (AvgIpc) is 2.13. The Hall–Kier alpha value is 0.200. The highest BCUT2D eigenvalue weighted by molar-refractivity contribution is 8.22. The van der Waals surface area contributed by atoms with Gasteiger partial charge < -0.3 is 9.47 Å². The van der Waals surface area contributed by atoms with Gasteiger partial charge in [0.2, 0.25) is 4.38 Å². The highest BCUT2D eigenvalue weighted by Crippen LogP contribution is 2.08. The summed E-state index contributed by atoms with van der Waals surface area (Å²) in [7, 11) is 0. The van der Waals surface area contributed by atoms with E-state index in [9.17, 15) is 0 Å². The zero-order valence-electron chi connectivity index (χ0n) is 9.25. The average molecular weight is 236 g/mol. The van der Waals surface area contributed by atoms with E-state index in [-0.39, 0.29) is 6.10 Å². The van der Waals surface area contributed by atoms with Crippen molar-refractivity contribution in [2.24, 2.45) is 0 Å². The molecular weight excluding hydrogens is 216 g/mol. The highest BCUT2D eigenvalue weighted by atomic mass is 32.2. The Morgan fingerprint density at radius 2 is 2.07 bits per heavy atom. The summed E-state index contributed by atoms with van der Waals surface area (Å²) < 4.78 is 11.3. The molecule has 0 saturated carbocycles. The minimum atomic E-state index is 0.264. The van der Waals surface area contributed by atoms with Crippen LogP contribution in [0.1, 0.15) is 33.6 Å². The van der Waals surface area contributed by atoms with E-state index in [2.05, 4.69) is 6.92 Å². The molecule has 84 valence electrons. The van der Waals surface area contributed by atoms with Crippen molar-refractivity contribution in [3.05, 3.63) is 0 Å². The molecule has 2 nitrogen and oxygen atoms in total. The van der Waals surface area contributed by atoms with Crippen LogP contribution in [-0.2, 0) is 9.47 Å². The molecular formula is C10H20O2S2. The van der Waals surface area contributed by atoms with Crippen LogP contribution in [0.4, 0.5) is 0 Å². The Morgan fingerprint density at radius 3 is 2.64 bits per heavy atom. The molecule has 0 fully saturated rings. The van der Waals surface area contributed by atoms with Crippen LogP contribution in [-0.4, -0.2) is 29.5 Å². The minimum Gasteiger partial charge on any atom is -0.476 e. The molecule has 0 saturated heterocycles. The van der Waals surface area contributed by atoms with Crippen LogP contribution in [0.5, 0.6) is 0 Å². The van der Waals surface area contributed by atoms with Gasteiger partial charge in [0.15, 0.2) is 0 Å². The maximum absolute atomic E-state index is 5.32. The Morgan fingerprint density at radius 1 is 1.36 bits per heavy atom. The van der Waals surface area contributed by atoms with E-state index in [4.69, 9.17) is 21.7 Å². The van der Waals surface area contributed by atoms with Gasteiger partial charge in [0, 0.05) is 5.75 Å². The lowest BCUT2D eigenvalue weighted by Gasteiger charge is -2.09. The van der Waals surface area contributed by atoms with Gasteiger partial charge >= 0.3 is 0 Å². The fourth-order valence-corrected chi connectivity index (χ4v) is 1.85. The molecule has 14 heavy (non-hydrogen) atoms. The summed E-state index contributed by atoms with van der Waals surface area (Å²) >= 11 is 6.65. The van der Waals surface area contributed by atoms with Gasteiger partial charge in [0.25, 0.3) is 0 Å². The number of hydrogen-bond acceptors (Lipinski definition) is 4. The van der Waals surface area contributed by atoms with Crippen molar-refractivity contribution in [1.29, 1.82) is 0 Å². The van der Waals surface area contributed by atoms with Gasteiger partial charge in [-0.15, -0.1) is 0 Å². The van der Waals surface area contributed by atoms with Crippen LogP contribution in [0.15, 0.2) is 0 Å². The molecule has 0 unspecified atom stereocenters. The summed E-state index contributed by atoms with van der Waals surface area (Å²) in [6.45, 7) is 7.37. The number of unbranched alkanes of at least 4 members (excludes halogenated alkanes) is 1. The largest absolute Gasteiger partial charge is 0.476 e. The summed E-state index contributed by atoms with van der Waals surface area (Å²) in [6.07, 6.45) is 2.66. The molecule has 0 aliphatic carbocycles. The van der Waals surface area contributed by atoms with Crippen molar-refractivity contribution in [3.63, 3.8) is 0 Å². The maximum Gasteiger partial charge on any atom is 0.220 e. The first kappa shape index (κ1) is 14.2. The molecule has 4 heteroatoms. The van der Waals surface area contributed by atoms with E-state index < -0.39 is 0 Å². The van der Waals surface area contributed by atoms with Crippen molar-refractivity contribution in [2.45, 2.75) is 39.7 Å². The van der Waals surface area contributed by atoms with Crippen molar-refractivity contribution in [3.8, 4) is 0 Å². The lowest BCUT2D eigenvalue weighted by Crippen LogP contribution is -2.11. The predicted molar refractivity (Wildman–Crippen MR) is 67.0 cm³/mol. The topological polar surface area (TPSA) is 18.5 Å². The second-order valence-corrected chi connectivity index (χ2v) is 4.92. The molecule has 0 heterocycles. The molecule has 0 atom stereocenters. The summed E-state index contributed by atoms with van der Waals surface area (Å²) in [4.78, 5) is 0. The van der Waals surface area contributed by atoms with Crippen molar-refractivity contribution >= 4 is 28.4 Å². The Labute approximate surface area is 96.7 Å². The van der Waals surface area contributed by atoms with Gasteiger partial charge in [-0.3, -0.25) is 0 Å². The van der Waals surface area contributed by atoms with Crippen LogP contribution in [0, 0.1) is 0 Å². The Bertz CT molecular complexity index is 149. The van der Waals surface area contributed by atoms with Crippen molar-refractivity contribution in [2.75, 3.05) is 19.0 Å². The van der Waals surface area contributed by atoms with Gasteiger partial charge in [0.05, 0.1) is 12.7 Å². The molecule has 0 spiro atoms. The Kier molecular flexibility index (Phi) is 9.88. The van der Waals surface area contributed by atoms with E-state index in [1.54, 1.807) is 11.8 Å². The van der Waals surface area contributed by atoms with E-state index in [0.29, 0.717) is 17.6 Å². The molecule has 0 radical (unpaired) electrons. The summed E-state index contributed by atoms with van der Waals surface area (Å²) in [5, 5.41) is 0. The summed E-state index contributed by atoms with van der Waals surface area (Å²) in [5.74, 6) is 1.06. The first-order valence-electron chi connectivity index (χ1n) is 5.08. The summed E-state index contributed by atoms with van der Waals surface area (Å²) in [5.41, 5.74) is 0. The van der Waals surface area contributed by atoms with E-state index in [1.807, 2.05) is 13.8 Å². The van der Waals surface area contributed by atoms with Crippen LogP contribution in [0.25, 0.3) is 0 Å². The zero-order valence-corrected chi connectivity index (χ0v) is 10.9. The minimum absolute atomic E-state index is 0.264. The quantitative estimate of drug-likeness (QED) is 0.499. The monoisotopic (exact) mass is 236 g/mol. The standard InChI is InChI=1S/C10H20O2S2/c1-4-5-8-14-10(13)12-7-6-11-9(2)3/h9H,4-8H2,1-3H3. The Balaban J connectivity index is 3.18. The van der Waals surface area contributed by atoms with Gasteiger partial charge in [-0.1, -0.05) is 25.1 Å². The number of thioether (sulfide) groups is 1. The van der Waals surface area contributed by atoms with Gasteiger partial charge in [0.1, 0.15) is 6.61 Å². The molecule has 0 amide bonds. The van der Waals surface area contributed by atoms with Gasteiger partial charge in [-0.2, -0.15) is 0 Å². The fraction of sp³-hybridized carbons (Fsp3) is 0.900. The van der Waals surface area contributed by atoms with E-state index in [0.717, 1.165) is 5.75 Å². The molecule has 0 rings (SSSR count). The molecule has 0 aromatic heterocycles. The zero-order chi connectivity index (χ0) is 10.8. The predicted octanol–water partition coefficient (Wildman–Crippen LogP) is 3.25. The molecule has 0 aromatic rings. The fourth-order valence-electron chi connectivity index (χ4n) is 0.750. The molecule has 0 aliphatic rings. The van der Waals surface area contributed by atoms with Crippen LogP contribution in [0.2, 0.25) is 0 Å². The van der Waals surface area contributed by atoms with Crippen LogP contribution < -0.4 is 0 Å². The number of ether oxygens (including phenoxy) is 2. The third kappa shape index (κ3) is 10.3. The second kappa shape index (κ2) is 9.74. The second-order valence-electron chi connectivity index (χ2n) is 3.22. The van der Waals surface area contributed by atoms with Gasteiger partial charge in [-0.25, -0.2) is 0 Å². The number of rotatable bonds is 7. The molecule has 0 N–H and O–H groups in total.